The molecule has 0 heterocycles. The molecule has 0 atom stereocenters. The van der Waals surface area contributed by atoms with E-state index in [0.29, 0.717) is 18.7 Å². The van der Waals surface area contributed by atoms with Crippen LogP contribution < -0.4 is 11.1 Å². The van der Waals surface area contributed by atoms with Crippen molar-refractivity contribution in [3.8, 4) is 0 Å². The Kier molecular flexibility index (Phi) is 4.85. The van der Waals surface area contributed by atoms with Crippen LogP contribution in [0.2, 0.25) is 0 Å². The van der Waals surface area contributed by atoms with Crippen molar-refractivity contribution in [1.29, 1.82) is 0 Å². The van der Waals surface area contributed by atoms with Gasteiger partial charge in [-0.05, 0) is 48.7 Å². The van der Waals surface area contributed by atoms with Crippen molar-refractivity contribution in [1.82, 2.24) is 0 Å². The second kappa shape index (κ2) is 6.63. The van der Waals surface area contributed by atoms with E-state index >= 15 is 0 Å². The lowest BCUT2D eigenvalue weighted by Gasteiger charge is -2.12. The first-order valence-corrected chi connectivity index (χ1v) is 6.97. The Morgan fingerprint density at radius 3 is 2.67 bits per heavy atom. The first kappa shape index (κ1) is 15.4. The van der Waals surface area contributed by atoms with Crippen LogP contribution in [-0.4, -0.2) is 11.5 Å². The molecule has 2 aromatic carbocycles. The molecule has 110 valence electrons. The molecule has 0 radical (unpaired) electrons. The Morgan fingerprint density at radius 1 is 1.24 bits per heavy atom. The van der Waals surface area contributed by atoms with E-state index in [1.54, 1.807) is 18.2 Å². The summed E-state index contributed by atoms with van der Waals surface area (Å²) >= 11 is 4.87. The Hall–Kier alpha value is -2.01. The summed E-state index contributed by atoms with van der Waals surface area (Å²) in [6.45, 7) is 2.44. The van der Waals surface area contributed by atoms with Crippen molar-refractivity contribution in [3.63, 3.8) is 0 Å². The van der Waals surface area contributed by atoms with Crippen LogP contribution >= 0.6 is 12.2 Å². The van der Waals surface area contributed by atoms with Crippen LogP contribution in [0.15, 0.2) is 36.4 Å². The molecule has 2 nitrogen and oxygen atoms in total. The van der Waals surface area contributed by atoms with Gasteiger partial charge in [0, 0.05) is 12.2 Å². The zero-order valence-corrected chi connectivity index (χ0v) is 12.4. The number of thiocarbonyl (C=S) groups is 1. The zero-order valence-electron chi connectivity index (χ0n) is 11.6. The first-order valence-electron chi connectivity index (χ1n) is 6.56. The summed E-state index contributed by atoms with van der Waals surface area (Å²) in [5.74, 6) is -0.685. The van der Waals surface area contributed by atoms with Crippen molar-refractivity contribution in [2.45, 2.75) is 13.3 Å². The molecule has 0 aliphatic carbocycles. The summed E-state index contributed by atoms with van der Waals surface area (Å²) in [6.07, 6.45) is 0.694. The highest BCUT2D eigenvalue weighted by Crippen LogP contribution is 2.19. The van der Waals surface area contributed by atoms with E-state index in [9.17, 15) is 8.78 Å². The third kappa shape index (κ3) is 3.76. The van der Waals surface area contributed by atoms with Gasteiger partial charge in [0.15, 0.2) is 0 Å². The molecule has 5 heteroatoms. The highest BCUT2D eigenvalue weighted by atomic mass is 32.1. The highest BCUT2D eigenvalue weighted by Gasteiger charge is 2.10. The van der Waals surface area contributed by atoms with Crippen LogP contribution in [0, 0.1) is 18.6 Å². The predicted molar refractivity (Wildman–Crippen MR) is 85.6 cm³/mol. The lowest BCUT2D eigenvalue weighted by molar-refractivity contribution is 0.625. The summed E-state index contributed by atoms with van der Waals surface area (Å²) in [7, 11) is 0. The average molecular weight is 306 g/mol. The summed E-state index contributed by atoms with van der Waals surface area (Å²) in [4.78, 5) is 0.0218. The molecule has 0 saturated carbocycles. The second-order valence-corrected chi connectivity index (χ2v) is 5.21. The third-order valence-corrected chi connectivity index (χ3v) is 3.48. The molecule has 2 aromatic rings. The highest BCUT2D eigenvalue weighted by molar-refractivity contribution is 7.80. The first-order chi connectivity index (χ1) is 9.99. The van der Waals surface area contributed by atoms with Gasteiger partial charge in [0.25, 0.3) is 0 Å². The summed E-state index contributed by atoms with van der Waals surface area (Å²) in [6, 6.07) is 9.34. The largest absolute Gasteiger partial charge is 0.389 e. The Bertz CT molecular complexity index is 671. The molecule has 0 spiro atoms. The molecule has 0 fully saturated rings. The van der Waals surface area contributed by atoms with Crippen LogP contribution in [0.1, 0.15) is 16.7 Å². The fraction of sp³-hybridized carbons (Fsp3) is 0.188. The van der Waals surface area contributed by atoms with Gasteiger partial charge in [-0.15, -0.1) is 0 Å². The van der Waals surface area contributed by atoms with Crippen molar-refractivity contribution >= 4 is 22.9 Å². The molecule has 3 N–H and O–H groups in total. The van der Waals surface area contributed by atoms with Gasteiger partial charge in [-0.3, -0.25) is 0 Å². The quantitative estimate of drug-likeness (QED) is 0.830. The molecular weight excluding hydrogens is 290 g/mol. The molecule has 21 heavy (non-hydrogen) atoms. The number of anilines is 1. The van der Waals surface area contributed by atoms with E-state index in [-0.39, 0.29) is 16.4 Å². The van der Waals surface area contributed by atoms with Crippen LogP contribution in [0.4, 0.5) is 14.5 Å². The van der Waals surface area contributed by atoms with Crippen LogP contribution in [0.3, 0.4) is 0 Å². The molecule has 0 aliphatic heterocycles. The molecule has 2 rings (SSSR count). The average Bonchev–Trinajstić information content (AvgIpc) is 2.41. The second-order valence-electron chi connectivity index (χ2n) is 4.77. The minimum absolute atomic E-state index is 0.0218. The number of hydrogen-bond acceptors (Lipinski definition) is 2. The van der Waals surface area contributed by atoms with Crippen LogP contribution in [0.5, 0.6) is 0 Å². The van der Waals surface area contributed by atoms with Gasteiger partial charge in [0.05, 0.1) is 5.56 Å². The predicted octanol–water partition coefficient (Wildman–Crippen LogP) is 3.56. The van der Waals surface area contributed by atoms with Gasteiger partial charge in [0.2, 0.25) is 0 Å². The maximum Gasteiger partial charge on any atom is 0.135 e. The fourth-order valence-electron chi connectivity index (χ4n) is 2.19. The molecule has 0 aliphatic rings. The normalized spacial score (nSPS) is 10.4. The van der Waals surface area contributed by atoms with Gasteiger partial charge < -0.3 is 11.1 Å². The van der Waals surface area contributed by atoms with Crippen molar-refractivity contribution in [2.75, 3.05) is 11.9 Å². The van der Waals surface area contributed by atoms with Gasteiger partial charge in [-0.2, -0.15) is 0 Å². The Morgan fingerprint density at radius 2 is 2.00 bits per heavy atom. The number of halogens is 2. The van der Waals surface area contributed by atoms with Gasteiger partial charge in [0.1, 0.15) is 16.6 Å². The minimum atomic E-state index is -0.439. The lowest BCUT2D eigenvalue weighted by Crippen LogP contribution is -2.16. The molecule has 0 bridgehead atoms. The molecule has 0 unspecified atom stereocenters. The number of hydrogen-bond donors (Lipinski definition) is 2. The van der Waals surface area contributed by atoms with E-state index < -0.39 is 5.82 Å². The van der Waals surface area contributed by atoms with Gasteiger partial charge in [-0.1, -0.05) is 24.4 Å². The topological polar surface area (TPSA) is 38.0 Å². The molecular formula is C16H16F2N2S. The lowest BCUT2D eigenvalue weighted by atomic mass is 10.1. The molecule has 0 amide bonds. The van der Waals surface area contributed by atoms with E-state index in [0.717, 1.165) is 11.1 Å². The van der Waals surface area contributed by atoms with E-state index in [1.165, 1.54) is 18.2 Å². The van der Waals surface area contributed by atoms with Crippen molar-refractivity contribution in [2.24, 2.45) is 5.73 Å². The van der Waals surface area contributed by atoms with E-state index in [1.807, 2.05) is 6.92 Å². The number of nitrogens with two attached hydrogens (primary N) is 1. The smallest absolute Gasteiger partial charge is 0.135 e. The maximum atomic E-state index is 13.7. The van der Waals surface area contributed by atoms with Gasteiger partial charge in [-0.25, -0.2) is 8.78 Å². The number of aryl methyl sites for hydroxylation is 1. The zero-order chi connectivity index (χ0) is 15.4. The number of nitrogens with one attached hydrogen (secondary N) is 1. The summed E-state index contributed by atoms with van der Waals surface area (Å²) < 4.78 is 26.7. The molecule has 0 aromatic heterocycles. The fourth-order valence-corrected chi connectivity index (χ4v) is 2.40. The Balaban J connectivity index is 2.07. The number of rotatable bonds is 5. The number of benzene rings is 2. The van der Waals surface area contributed by atoms with E-state index in [2.05, 4.69) is 5.32 Å². The summed E-state index contributed by atoms with van der Waals surface area (Å²) in [5.41, 5.74) is 8.28. The monoisotopic (exact) mass is 306 g/mol. The Labute approximate surface area is 128 Å². The van der Waals surface area contributed by atoms with Crippen molar-refractivity contribution in [3.05, 3.63) is 64.7 Å². The van der Waals surface area contributed by atoms with Gasteiger partial charge >= 0.3 is 0 Å². The minimum Gasteiger partial charge on any atom is -0.389 e. The SMILES string of the molecule is Cc1cc(F)ccc1CCNc1cccc(F)c1C(N)=S. The standard InChI is InChI=1S/C16H16F2N2S/c1-10-9-12(17)6-5-11(10)7-8-20-14-4-2-3-13(18)15(14)16(19)21/h2-6,9,20H,7-8H2,1H3,(H2,19,21). The van der Waals surface area contributed by atoms with Crippen LogP contribution in [-0.2, 0) is 6.42 Å². The van der Waals surface area contributed by atoms with E-state index in [4.69, 9.17) is 18.0 Å². The maximum absolute atomic E-state index is 13.7. The van der Waals surface area contributed by atoms with Crippen molar-refractivity contribution < 1.29 is 8.78 Å². The molecule has 0 saturated heterocycles. The third-order valence-electron chi connectivity index (χ3n) is 3.27. The summed E-state index contributed by atoms with van der Waals surface area (Å²) in [5, 5.41) is 3.12. The van der Waals surface area contributed by atoms with Crippen LogP contribution in [0.25, 0.3) is 0 Å².